The van der Waals surface area contributed by atoms with Crippen LogP contribution in [-0.2, 0) is 9.59 Å². The first-order valence-electron chi connectivity index (χ1n) is 13.9. The molecule has 2 fully saturated rings. The highest BCUT2D eigenvalue weighted by atomic mass is 19.1. The van der Waals surface area contributed by atoms with Crippen molar-refractivity contribution in [1.29, 1.82) is 0 Å². The topological polar surface area (TPSA) is 87.3 Å². The molecule has 1 saturated carbocycles. The number of ketones is 1. The Labute approximate surface area is 223 Å². The van der Waals surface area contributed by atoms with Crippen LogP contribution in [0, 0.1) is 23.0 Å². The summed E-state index contributed by atoms with van der Waals surface area (Å²) in [7, 11) is 1.33. The average Bonchev–Trinajstić information content (AvgIpc) is 3.38. The van der Waals surface area contributed by atoms with Crippen molar-refractivity contribution in [2.45, 2.75) is 77.7 Å². The highest BCUT2D eigenvalue weighted by Crippen LogP contribution is 2.59. The van der Waals surface area contributed by atoms with Gasteiger partial charge in [-0.05, 0) is 63.2 Å². The first-order chi connectivity index (χ1) is 18.3. The minimum Gasteiger partial charge on any atom is -0.493 e. The number of methoxy groups -OCH3 is 1. The van der Waals surface area contributed by atoms with E-state index in [0.717, 1.165) is 64.2 Å². The highest BCUT2D eigenvalue weighted by molar-refractivity contribution is 5.83. The summed E-state index contributed by atoms with van der Waals surface area (Å²) in [6.45, 7) is 7.16. The standard InChI is InChI=1S/C29H40F2N4O3/c1-4-20(36)9-7-6-8-10-24(34-28(37)22-17-29(22)11-13-35(5-2)14-12-29)27-32-18-25(33-27)21-15-19(30)16-23(31)26(21)38-3/h15-16,18,22,24H,4-14,17H2,1-3H3,(H,32,33)(H,34,37)/t22-,24+/m1/s1. The van der Waals surface area contributed by atoms with Gasteiger partial charge in [-0.15, -0.1) is 0 Å². The number of aromatic amines is 1. The molecule has 2 atom stereocenters. The summed E-state index contributed by atoms with van der Waals surface area (Å²) in [5.74, 6) is -0.713. The number of unbranched alkanes of at least 4 members (excludes halogenated alkanes) is 2. The number of aromatic nitrogens is 2. The fourth-order valence-electron chi connectivity index (χ4n) is 5.78. The lowest BCUT2D eigenvalue weighted by molar-refractivity contribution is -0.124. The number of hydrogen-bond donors (Lipinski definition) is 2. The Hall–Kier alpha value is -2.81. The number of hydrogen-bond acceptors (Lipinski definition) is 5. The maximum absolute atomic E-state index is 14.3. The first kappa shape index (κ1) is 28.2. The number of nitrogens with zero attached hydrogens (tertiary/aromatic N) is 2. The zero-order valence-corrected chi connectivity index (χ0v) is 22.7. The van der Waals surface area contributed by atoms with E-state index in [4.69, 9.17) is 4.74 Å². The summed E-state index contributed by atoms with van der Waals surface area (Å²) in [5.41, 5.74) is 0.760. The van der Waals surface area contributed by atoms with Gasteiger partial charge in [-0.25, -0.2) is 13.8 Å². The molecule has 0 radical (unpaired) electrons. The minimum atomic E-state index is -0.793. The van der Waals surface area contributed by atoms with Crippen molar-refractivity contribution in [3.05, 3.63) is 35.8 Å². The van der Waals surface area contributed by atoms with E-state index in [2.05, 4.69) is 27.1 Å². The Morgan fingerprint density at radius 3 is 2.66 bits per heavy atom. The zero-order valence-electron chi connectivity index (χ0n) is 22.7. The van der Waals surface area contributed by atoms with Crippen LogP contribution in [0.25, 0.3) is 11.3 Å². The molecule has 1 spiro atoms. The van der Waals surface area contributed by atoms with Gasteiger partial charge in [0.2, 0.25) is 5.91 Å². The second kappa shape index (κ2) is 12.4. The molecule has 38 heavy (non-hydrogen) atoms. The number of likely N-dealkylation sites (tertiary alicyclic amines) is 1. The molecule has 2 heterocycles. The minimum absolute atomic E-state index is 0.0121. The molecule has 2 N–H and O–H groups in total. The van der Waals surface area contributed by atoms with E-state index < -0.39 is 11.6 Å². The number of carbonyl (C=O) groups is 2. The van der Waals surface area contributed by atoms with E-state index in [1.807, 2.05) is 6.92 Å². The molecule has 2 aromatic rings. The van der Waals surface area contributed by atoms with Crippen molar-refractivity contribution in [1.82, 2.24) is 20.2 Å². The third-order valence-corrected chi connectivity index (χ3v) is 8.39. The molecule has 208 valence electrons. The van der Waals surface area contributed by atoms with Crippen LogP contribution in [0.15, 0.2) is 18.3 Å². The fraction of sp³-hybridized carbons (Fsp3) is 0.621. The summed E-state index contributed by atoms with van der Waals surface area (Å²) in [5, 5.41) is 3.23. The lowest BCUT2D eigenvalue weighted by atomic mass is 9.90. The number of imidazole rings is 1. The van der Waals surface area contributed by atoms with E-state index in [1.165, 1.54) is 19.4 Å². The van der Waals surface area contributed by atoms with Crippen LogP contribution in [0.4, 0.5) is 8.78 Å². The van der Waals surface area contributed by atoms with Gasteiger partial charge >= 0.3 is 0 Å². The molecular weight excluding hydrogens is 490 g/mol. The van der Waals surface area contributed by atoms with E-state index in [1.54, 1.807) is 0 Å². The molecule has 1 saturated heterocycles. The van der Waals surface area contributed by atoms with E-state index in [0.29, 0.717) is 30.8 Å². The summed E-state index contributed by atoms with van der Waals surface area (Å²) in [6.07, 6.45) is 8.81. The smallest absolute Gasteiger partial charge is 0.224 e. The molecule has 7 nitrogen and oxygen atoms in total. The number of carbonyl (C=O) groups excluding carboxylic acids is 2. The molecular formula is C29H40F2N4O3. The van der Waals surface area contributed by atoms with Crippen LogP contribution < -0.4 is 10.1 Å². The summed E-state index contributed by atoms with van der Waals surface area (Å²) in [4.78, 5) is 35.1. The Balaban J connectivity index is 1.47. The quantitative estimate of drug-likeness (QED) is 0.331. The predicted molar refractivity (Wildman–Crippen MR) is 142 cm³/mol. The SMILES string of the molecule is CCC(=O)CCCCC[C@H](NC(=O)[C@H]1CC12CCN(CC)CC2)c1ncc(-c2cc(F)cc(F)c2OC)[nH]1. The summed E-state index contributed by atoms with van der Waals surface area (Å²) in [6, 6.07) is 1.62. The van der Waals surface area contributed by atoms with E-state index in [9.17, 15) is 18.4 Å². The molecule has 9 heteroatoms. The molecule has 1 amide bonds. The zero-order chi connectivity index (χ0) is 27.3. The first-order valence-corrected chi connectivity index (χ1v) is 13.9. The van der Waals surface area contributed by atoms with Crippen LogP contribution in [0.3, 0.4) is 0 Å². The molecule has 0 bridgehead atoms. The number of benzene rings is 1. The molecule has 1 aliphatic heterocycles. The van der Waals surface area contributed by atoms with Crippen molar-refractivity contribution in [3.63, 3.8) is 0 Å². The Kier molecular flexibility index (Phi) is 9.18. The lowest BCUT2D eigenvalue weighted by Gasteiger charge is -2.32. The monoisotopic (exact) mass is 530 g/mol. The number of amides is 1. The maximum Gasteiger partial charge on any atom is 0.224 e. The van der Waals surface area contributed by atoms with Gasteiger partial charge in [0.1, 0.15) is 17.4 Å². The number of piperidine rings is 1. The predicted octanol–water partition coefficient (Wildman–Crippen LogP) is 5.57. The van der Waals surface area contributed by atoms with Crippen LogP contribution in [-0.4, -0.2) is 53.3 Å². The van der Waals surface area contributed by atoms with Crippen molar-refractivity contribution >= 4 is 11.7 Å². The number of Topliss-reactive ketones (excluding diaryl/α,β-unsaturated/α-hetero) is 1. The second-order valence-electron chi connectivity index (χ2n) is 10.8. The molecule has 1 aliphatic carbocycles. The second-order valence-corrected chi connectivity index (χ2v) is 10.8. The maximum atomic E-state index is 14.3. The molecule has 0 unspecified atom stereocenters. The summed E-state index contributed by atoms with van der Waals surface area (Å²) >= 11 is 0. The lowest BCUT2D eigenvalue weighted by Crippen LogP contribution is -2.37. The van der Waals surface area contributed by atoms with Crippen LogP contribution in [0.2, 0.25) is 0 Å². The van der Waals surface area contributed by atoms with Gasteiger partial charge in [0.25, 0.3) is 0 Å². The number of nitrogens with one attached hydrogen (secondary N) is 2. The van der Waals surface area contributed by atoms with Gasteiger partial charge in [0.05, 0.1) is 25.0 Å². The largest absolute Gasteiger partial charge is 0.493 e. The van der Waals surface area contributed by atoms with E-state index >= 15 is 0 Å². The normalized spacial score (nSPS) is 19.3. The van der Waals surface area contributed by atoms with Crippen molar-refractivity contribution in [2.75, 3.05) is 26.7 Å². The van der Waals surface area contributed by atoms with Crippen molar-refractivity contribution in [2.24, 2.45) is 11.3 Å². The van der Waals surface area contributed by atoms with Gasteiger partial charge in [-0.2, -0.15) is 0 Å². The van der Waals surface area contributed by atoms with Crippen LogP contribution >= 0.6 is 0 Å². The van der Waals surface area contributed by atoms with Crippen molar-refractivity contribution in [3.8, 4) is 17.0 Å². The Morgan fingerprint density at radius 1 is 1.21 bits per heavy atom. The number of halogens is 2. The molecule has 1 aromatic carbocycles. The van der Waals surface area contributed by atoms with Gasteiger partial charge in [0, 0.05) is 30.4 Å². The van der Waals surface area contributed by atoms with Crippen LogP contribution in [0.1, 0.15) is 83.5 Å². The fourth-order valence-corrected chi connectivity index (χ4v) is 5.78. The van der Waals surface area contributed by atoms with E-state index in [-0.39, 0.29) is 40.4 Å². The Bertz CT molecular complexity index is 1130. The number of ether oxygens (including phenoxy) is 1. The van der Waals surface area contributed by atoms with Gasteiger partial charge < -0.3 is 19.9 Å². The summed E-state index contributed by atoms with van der Waals surface area (Å²) < 4.78 is 33.4. The third kappa shape index (κ3) is 6.42. The van der Waals surface area contributed by atoms with Crippen molar-refractivity contribution < 1.29 is 23.1 Å². The molecule has 2 aliphatic rings. The average molecular weight is 531 g/mol. The van der Waals surface area contributed by atoms with Gasteiger partial charge in [-0.1, -0.05) is 26.7 Å². The molecule has 4 rings (SSSR count). The number of H-pyrrole nitrogens is 1. The van der Waals surface area contributed by atoms with Gasteiger partial charge in [-0.3, -0.25) is 9.59 Å². The Morgan fingerprint density at radius 2 is 1.97 bits per heavy atom. The third-order valence-electron chi connectivity index (χ3n) is 8.39. The highest BCUT2D eigenvalue weighted by Gasteiger charge is 2.58. The van der Waals surface area contributed by atoms with Gasteiger partial charge in [0.15, 0.2) is 11.6 Å². The van der Waals surface area contributed by atoms with Crippen LogP contribution in [0.5, 0.6) is 5.75 Å². The molecule has 1 aromatic heterocycles. The number of rotatable bonds is 13.